The zero-order valence-corrected chi connectivity index (χ0v) is 14.1. The monoisotopic (exact) mass is 274 g/mol. The number of aliphatic hydroxyl groups excluding tert-OH is 1. The van der Waals surface area contributed by atoms with E-state index in [0.29, 0.717) is 19.3 Å². The lowest BCUT2D eigenvalue weighted by Crippen LogP contribution is -2.56. The third-order valence-corrected chi connectivity index (χ3v) is 2.58. The van der Waals surface area contributed by atoms with Crippen LogP contribution >= 0.6 is 0 Å². The summed E-state index contributed by atoms with van der Waals surface area (Å²) in [5.74, 6) is 0. The van der Waals surface area contributed by atoms with Crippen LogP contribution in [0.3, 0.4) is 0 Å². The van der Waals surface area contributed by atoms with Crippen LogP contribution in [-0.4, -0.2) is 47.6 Å². The largest absolute Gasteiger partial charge is 0.394 e. The molecule has 0 heterocycles. The molecule has 0 aromatic heterocycles. The maximum atomic E-state index is 9.29. The molecule has 116 valence electrons. The number of rotatable bonds is 8. The third kappa shape index (κ3) is 10.3. The molecule has 0 aliphatic carbocycles. The van der Waals surface area contributed by atoms with Crippen molar-refractivity contribution in [2.45, 2.75) is 78.0 Å². The lowest BCUT2D eigenvalue weighted by Gasteiger charge is -2.36. The van der Waals surface area contributed by atoms with Crippen LogP contribution in [0, 0.1) is 0 Å². The molecule has 0 radical (unpaired) electrons. The molecule has 0 fully saturated rings. The molecule has 0 aliphatic rings. The van der Waals surface area contributed by atoms with E-state index in [1.54, 1.807) is 0 Å². The molecule has 3 N–H and O–H groups in total. The second-order valence-corrected chi connectivity index (χ2v) is 7.86. The minimum Gasteiger partial charge on any atom is -0.394 e. The molecule has 0 saturated heterocycles. The van der Waals surface area contributed by atoms with Gasteiger partial charge in [0.1, 0.15) is 0 Å². The van der Waals surface area contributed by atoms with Crippen LogP contribution in [0.4, 0.5) is 0 Å². The van der Waals surface area contributed by atoms with Crippen LogP contribution in [0.5, 0.6) is 0 Å². The van der Waals surface area contributed by atoms with Crippen molar-refractivity contribution in [1.29, 1.82) is 0 Å². The summed E-state index contributed by atoms with van der Waals surface area (Å²) in [6.07, 6.45) is 0. The molecule has 4 heteroatoms. The van der Waals surface area contributed by atoms with Crippen molar-refractivity contribution in [3.8, 4) is 0 Å². The predicted molar refractivity (Wildman–Crippen MR) is 81.5 cm³/mol. The average molecular weight is 274 g/mol. The van der Waals surface area contributed by atoms with E-state index in [0.717, 1.165) is 0 Å². The van der Waals surface area contributed by atoms with Crippen molar-refractivity contribution >= 4 is 0 Å². The molecular weight excluding hydrogens is 240 g/mol. The summed E-state index contributed by atoms with van der Waals surface area (Å²) in [6.45, 7) is 18.1. The number of hydrogen-bond donors (Lipinski definition) is 3. The molecular formula is C15H34N2O2. The number of ether oxygens (including phenoxy) is 1. The van der Waals surface area contributed by atoms with Gasteiger partial charge >= 0.3 is 0 Å². The Hall–Kier alpha value is -0.160. The molecule has 0 bridgehead atoms. The van der Waals surface area contributed by atoms with Gasteiger partial charge in [0.15, 0.2) is 0 Å². The molecule has 0 aromatic carbocycles. The number of aliphatic hydroxyl groups is 1. The van der Waals surface area contributed by atoms with Gasteiger partial charge in [0, 0.05) is 22.7 Å². The highest BCUT2D eigenvalue weighted by atomic mass is 16.5. The van der Waals surface area contributed by atoms with E-state index >= 15 is 0 Å². The van der Waals surface area contributed by atoms with Crippen molar-refractivity contribution in [2.75, 3.05) is 19.8 Å². The van der Waals surface area contributed by atoms with Gasteiger partial charge in [-0.15, -0.1) is 0 Å². The number of hydrogen-bond acceptors (Lipinski definition) is 4. The van der Waals surface area contributed by atoms with E-state index in [-0.39, 0.29) is 23.2 Å². The van der Waals surface area contributed by atoms with Gasteiger partial charge in [-0.2, -0.15) is 0 Å². The molecule has 1 atom stereocenters. The van der Waals surface area contributed by atoms with Crippen LogP contribution in [-0.2, 0) is 4.74 Å². The zero-order chi connectivity index (χ0) is 15.3. The lowest BCUT2D eigenvalue weighted by molar-refractivity contribution is 0.0458. The maximum absolute atomic E-state index is 9.29. The fourth-order valence-corrected chi connectivity index (χ4v) is 2.26. The van der Waals surface area contributed by atoms with Crippen molar-refractivity contribution < 1.29 is 9.84 Å². The summed E-state index contributed by atoms with van der Waals surface area (Å²) in [7, 11) is 0. The fraction of sp³-hybridized carbons (Fsp3) is 1.00. The topological polar surface area (TPSA) is 53.5 Å². The van der Waals surface area contributed by atoms with Gasteiger partial charge in [-0.1, -0.05) is 0 Å². The van der Waals surface area contributed by atoms with Crippen molar-refractivity contribution in [2.24, 2.45) is 0 Å². The first-order valence-electron chi connectivity index (χ1n) is 7.12. The minimum absolute atomic E-state index is 0.107. The van der Waals surface area contributed by atoms with E-state index in [9.17, 15) is 5.11 Å². The summed E-state index contributed by atoms with van der Waals surface area (Å²) < 4.78 is 5.79. The first kappa shape index (κ1) is 18.8. The Morgan fingerprint density at radius 2 is 1.53 bits per heavy atom. The van der Waals surface area contributed by atoms with Crippen molar-refractivity contribution in [3.63, 3.8) is 0 Å². The third-order valence-electron chi connectivity index (χ3n) is 2.58. The van der Waals surface area contributed by atoms with Gasteiger partial charge in [-0.05, 0) is 55.4 Å². The summed E-state index contributed by atoms with van der Waals surface area (Å²) in [6, 6.07) is 0.321. The van der Waals surface area contributed by atoms with Gasteiger partial charge in [-0.3, -0.25) is 0 Å². The second-order valence-electron chi connectivity index (χ2n) is 7.86. The molecule has 0 saturated carbocycles. The Morgan fingerprint density at radius 3 is 1.95 bits per heavy atom. The first-order chi connectivity index (χ1) is 8.37. The predicted octanol–water partition coefficient (Wildman–Crippen LogP) is 1.92. The summed E-state index contributed by atoms with van der Waals surface area (Å²) in [5, 5.41) is 16.2. The van der Waals surface area contributed by atoms with Gasteiger partial charge in [0.2, 0.25) is 0 Å². The van der Waals surface area contributed by atoms with E-state index in [2.05, 4.69) is 52.2 Å². The first-order valence-corrected chi connectivity index (χ1v) is 7.12. The zero-order valence-electron chi connectivity index (χ0n) is 14.1. The van der Waals surface area contributed by atoms with Crippen LogP contribution in [0.2, 0.25) is 0 Å². The average Bonchev–Trinajstić information content (AvgIpc) is 2.12. The van der Waals surface area contributed by atoms with Gasteiger partial charge in [0.05, 0.1) is 19.8 Å². The Kier molecular flexibility index (Phi) is 6.96. The van der Waals surface area contributed by atoms with Crippen molar-refractivity contribution in [1.82, 2.24) is 10.6 Å². The lowest BCUT2D eigenvalue weighted by atomic mass is 9.99. The highest BCUT2D eigenvalue weighted by molar-refractivity contribution is 4.88. The molecule has 4 nitrogen and oxygen atoms in total. The van der Waals surface area contributed by atoms with Gasteiger partial charge < -0.3 is 20.5 Å². The van der Waals surface area contributed by atoms with Crippen LogP contribution < -0.4 is 10.6 Å². The molecule has 0 spiro atoms. The molecule has 0 amide bonds. The normalized spacial score (nSPS) is 15.6. The van der Waals surface area contributed by atoms with Crippen LogP contribution in [0.25, 0.3) is 0 Å². The molecule has 0 rings (SSSR count). The van der Waals surface area contributed by atoms with Crippen molar-refractivity contribution in [3.05, 3.63) is 0 Å². The van der Waals surface area contributed by atoms with E-state index in [1.807, 2.05) is 13.8 Å². The van der Waals surface area contributed by atoms with Crippen LogP contribution in [0.1, 0.15) is 55.4 Å². The Balaban J connectivity index is 4.05. The smallest absolute Gasteiger partial charge is 0.0643 e. The molecule has 0 aliphatic heterocycles. The highest BCUT2D eigenvalue weighted by Crippen LogP contribution is 2.11. The standard InChI is InChI=1S/C15H34N2O2/c1-12(16-13(2,3)4)9-19-11-15(7,8)17-14(5,6)10-18/h12,16-18H,9-11H2,1-8H3. The maximum Gasteiger partial charge on any atom is 0.0643 e. The SMILES string of the molecule is CC(COCC(C)(C)NC(C)(C)CO)NC(C)(C)C. The second kappa shape index (κ2) is 7.02. The van der Waals surface area contributed by atoms with Gasteiger partial charge in [-0.25, -0.2) is 0 Å². The summed E-state index contributed by atoms with van der Waals surface area (Å²) >= 11 is 0. The molecule has 1 unspecified atom stereocenters. The summed E-state index contributed by atoms with van der Waals surface area (Å²) in [4.78, 5) is 0. The number of nitrogens with one attached hydrogen (secondary N) is 2. The fourth-order valence-electron chi connectivity index (χ4n) is 2.26. The minimum atomic E-state index is -0.290. The van der Waals surface area contributed by atoms with E-state index in [1.165, 1.54) is 0 Å². The van der Waals surface area contributed by atoms with E-state index < -0.39 is 0 Å². The molecule has 19 heavy (non-hydrogen) atoms. The Labute approximate surface area is 119 Å². The quantitative estimate of drug-likeness (QED) is 0.633. The summed E-state index contributed by atoms with van der Waals surface area (Å²) in [5.41, 5.74) is -0.342. The van der Waals surface area contributed by atoms with Crippen LogP contribution in [0.15, 0.2) is 0 Å². The Morgan fingerprint density at radius 1 is 1.00 bits per heavy atom. The van der Waals surface area contributed by atoms with Gasteiger partial charge in [0.25, 0.3) is 0 Å². The Bertz CT molecular complexity index is 257. The van der Waals surface area contributed by atoms with E-state index in [4.69, 9.17) is 4.74 Å². The highest BCUT2D eigenvalue weighted by Gasteiger charge is 2.27. The molecule has 0 aromatic rings.